The summed E-state index contributed by atoms with van der Waals surface area (Å²) in [4.78, 5) is 12.1. The minimum absolute atomic E-state index is 0.112. The Bertz CT molecular complexity index is 560. The minimum atomic E-state index is -0.696. The molecule has 1 aromatic carbocycles. The molecule has 0 aromatic heterocycles. The first-order chi connectivity index (χ1) is 12.2. The van der Waals surface area contributed by atoms with Crippen molar-refractivity contribution in [1.29, 1.82) is 0 Å². The van der Waals surface area contributed by atoms with Gasteiger partial charge < -0.3 is 30.5 Å². The lowest BCUT2D eigenvalue weighted by molar-refractivity contribution is 0.0188. The van der Waals surface area contributed by atoms with Crippen LogP contribution in [0.5, 0.6) is 5.75 Å². The van der Waals surface area contributed by atoms with Gasteiger partial charge in [-0.05, 0) is 43.5 Å². The van der Waals surface area contributed by atoms with Crippen LogP contribution in [-0.2, 0) is 11.2 Å². The number of carbonyl (C=O) groups excluding carboxylic acids is 1. The molecule has 4 atom stereocenters. The Morgan fingerprint density at radius 3 is 2.80 bits per heavy atom. The van der Waals surface area contributed by atoms with Crippen molar-refractivity contribution in [3.05, 3.63) is 29.8 Å². The van der Waals surface area contributed by atoms with E-state index in [-0.39, 0.29) is 6.04 Å². The van der Waals surface area contributed by atoms with E-state index in [9.17, 15) is 9.90 Å². The van der Waals surface area contributed by atoms with E-state index in [4.69, 9.17) is 9.47 Å². The number of aliphatic hydroxyl groups is 1. The van der Waals surface area contributed by atoms with Gasteiger partial charge in [-0.1, -0.05) is 12.1 Å². The number of ether oxygens (including phenoxy) is 2. The molecule has 2 fully saturated rings. The van der Waals surface area contributed by atoms with E-state index < -0.39 is 18.3 Å². The average Bonchev–Trinajstić information content (AvgIpc) is 3.26. The van der Waals surface area contributed by atoms with Gasteiger partial charge in [0.2, 0.25) is 0 Å². The van der Waals surface area contributed by atoms with Gasteiger partial charge in [0.25, 0.3) is 0 Å². The Morgan fingerprint density at radius 2 is 2.12 bits per heavy atom. The van der Waals surface area contributed by atoms with Gasteiger partial charge in [0.05, 0.1) is 13.2 Å². The van der Waals surface area contributed by atoms with Gasteiger partial charge in [0.15, 0.2) is 0 Å². The van der Waals surface area contributed by atoms with Crippen molar-refractivity contribution in [2.45, 2.75) is 43.6 Å². The molecule has 2 aliphatic rings. The van der Waals surface area contributed by atoms with Crippen LogP contribution in [0.2, 0.25) is 0 Å². The van der Waals surface area contributed by atoms with Gasteiger partial charge in [-0.2, -0.15) is 0 Å². The molecule has 7 nitrogen and oxygen atoms in total. The van der Waals surface area contributed by atoms with Crippen LogP contribution in [0.15, 0.2) is 24.3 Å². The number of hydrogen-bond donors (Lipinski definition) is 4. The molecule has 138 valence electrons. The molecule has 0 bridgehead atoms. The van der Waals surface area contributed by atoms with Crippen LogP contribution >= 0.6 is 0 Å². The van der Waals surface area contributed by atoms with Crippen molar-refractivity contribution in [1.82, 2.24) is 16.0 Å². The predicted molar refractivity (Wildman–Crippen MR) is 93.8 cm³/mol. The highest BCUT2D eigenvalue weighted by atomic mass is 16.6. The number of hydrogen-bond acceptors (Lipinski definition) is 6. The van der Waals surface area contributed by atoms with Crippen molar-refractivity contribution in [2.75, 3.05) is 26.7 Å². The van der Waals surface area contributed by atoms with Gasteiger partial charge in [-0.25, -0.2) is 4.79 Å². The molecule has 25 heavy (non-hydrogen) atoms. The van der Waals surface area contributed by atoms with Crippen LogP contribution in [0.25, 0.3) is 0 Å². The second-order valence-corrected chi connectivity index (χ2v) is 6.68. The Labute approximate surface area is 148 Å². The van der Waals surface area contributed by atoms with Crippen LogP contribution < -0.4 is 20.7 Å². The second-order valence-electron chi connectivity index (χ2n) is 6.68. The van der Waals surface area contributed by atoms with Crippen molar-refractivity contribution in [3.63, 3.8) is 0 Å². The normalized spacial score (nSPS) is 28.7. The lowest BCUT2D eigenvalue weighted by atomic mass is 10.0. The number of rotatable bonds is 6. The Hall–Kier alpha value is -1.83. The lowest BCUT2D eigenvalue weighted by Gasteiger charge is -2.22. The van der Waals surface area contributed by atoms with Crippen molar-refractivity contribution >= 4 is 6.09 Å². The fraction of sp³-hybridized carbons (Fsp3) is 0.611. The van der Waals surface area contributed by atoms with E-state index >= 15 is 0 Å². The maximum Gasteiger partial charge on any atom is 0.407 e. The topological polar surface area (TPSA) is 91.8 Å². The monoisotopic (exact) mass is 349 g/mol. The zero-order chi connectivity index (χ0) is 17.6. The summed E-state index contributed by atoms with van der Waals surface area (Å²) in [7, 11) is 1.63. The van der Waals surface area contributed by atoms with E-state index in [2.05, 4.69) is 16.0 Å². The molecule has 0 unspecified atom stereocenters. The van der Waals surface area contributed by atoms with Crippen molar-refractivity contribution in [3.8, 4) is 5.75 Å². The first-order valence-corrected chi connectivity index (χ1v) is 8.88. The second kappa shape index (κ2) is 8.51. The number of aliphatic hydroxyl groups excluding tert-OH is 1. The number of nitrogens with one attached hydrogen (secondary N) is 3. The Morgan fingerprint density at radius 1 is 1.32 bits per heavy atom. The molecule has 1 aromatic rings. The highest BCUT2D eigenvalue weighted by molar-refractivity contribution is 5.67. The summed E-state index contributed by atoms with van der Waals surface area (Å²) < 4.78 is 10.7. The predicted octanol–water partition coefficient (Wildman–Crippen LogP) is 0.417. The lowest BCUT2D eigenvalue weighted by Crippen LogP contribution is -2.44. The van der Waals surface area contributed by atoms with Crippen LogP contribution in [-0.4, -0.2) is 62.2 Å². The third-order valence-electron chi connectivity index (χ3n) is 4.88. The van der Waals surface area contributed by atoms with Crippen LogP contribution in [0, 0.1) is 0 Å². The molecule has 3 rings (SSSR count). The smallest absolute Gasteiger partial charge is 0.407 e. The van der Waals surface area contributed by atoms with Crippen molar-refractivity contribution in [2.24, 2.45) is 0 Å². The summed E-state index contributed by atoms with van der Waals surface area (Å²) in [6, 6.07) is 7.96. The number of amides is 1. The minimum Gasteiger partial charge on any atom is -0.497 e. The SMILES string of the molecule is COc1ccc(C[C@H]2NC[C@H](O)[C@H]2OC(=O)NC[C@@H]2CCCN2)cc1. The molecule has 2 heterocycles. The fourth-order valence-electron chi connectivity index (χ4n) is 3.44. The highest BCUT2D eigenvalue weighted by Gasteiger charge is 2.37. The number of β-amino-alcohol motifs (C(OH)–C–C–N with tert-alkyl or cyclic N) is 1. The number of carbonyl (C=O) groups is 1. The summed E-state index contributed by atoms with van der Waals surface area (Å²) in [5.74, 6) is 0.802. The molecule has 7 heteroatoms. The van der Waals surface area contributed by atoms with Crippen LogP contribution in [0.1, 0.15) is 18.4 Å². The van der Waals surface area contributed by atoms with Gasteiger partial charge in [-0.3, -0.25) is 0 Å². The molecular formula is C18H27N3O4. The molecular weight excluding hydrogens is 322 g/mol. The number of methoxy groups -OCH3 is 1. The summed E-state index contributed by atoms with van der Waals surface area (Å²) in [6.07, 6.45) is 1.15. The molecule has 0 spiro atoms. The first-order valence-electron chi connectivity index (χ1n) is 8.88. The highest BCUT2D eigenvalue weighted by Crippen LogP contribution is 2.19. The number of benzene rings is 1. The van der Waals surface area contributed by atoms with Crippen LogP contribution in [0.4, 0.5) is 4.79 Å². The first kappa shape index (κ1) is 18.0. The maximum atomic E-state index is 12.1. The Kier molecular flexibility index (Phi) is 6.12. The van der Waals surface area contributed by atoms with Gasteiger partial charge in [-0.15, -0.1) is 0 Å². The Balaban J connectivity index is 1.51. The zero-order valence-corrected chi connectivity index (χ0v) is 14.5. The van der Waals surface area contributed by atoms with Gasteiger partial charge >= 0.3 is 6.09 Å². The van der Waals surface area contributed by atoms with E-state index in [1.54, 1.807) is 7.11 Å². The van der Waals surface area contributed by atoms with E-state index in [0.29, 0.717) is 25.6 Å². The molecule has 4 N–H and O–H groups in total. The molecule has 0 saturated carbocycles. The van der Waals surface area contributed by atoms with Gasteiger partial charge in [0, 0.05) is 19.1 Å². The molecule has 2 aliphatic heterocycles. The summed E-state index contributed by atoms with van der Waals surface area (Å²) in [6.45, 7) is 1.97. The summed E-state index contributed by atoms with van der Waals surface area (Å²) >= 11 is 0. The van der Waals surface area contributed by atoms with E-state index in [0.717, 1.165) is 30.7 Å². The molecule has 2 saturated heterocycles. The van der Waals surface area contributed by atoms with E-state index in [1.165, 1.54) is 0 Å². The number of alkyl carbamates (subject to hydrolysis) is 1. The van der Waals surface area contributed by atoms with Crippen molar-refractivity contribution < 1.29 is 19.4 Å². The fourth-order valence-corrected chi connectivity index (χ4v) is 3.44. The van der Waals surface area contributed by atoms with E-state index in [1.807, 2.05) is 24.3 Å². The summed E-state index contributed by atoms with van der Waals surface area (Å²) in [5, 5.41) is 19.5. The third kappa shape index (κ3) is 4.84. The third-order valence-corrected chi connectivity index (χ3v) is 4.88. The van der Waals surface area contributed by atoms with Crippen LogP contribution in [0.3, 0.4) is 0 Å². The van der Waals surface area contributed by atoms with Gasteiger partial charge in [0.1, 0.15) is 18.0 Å². The molecule has 0 radical (unpaired) electrons. The standard InChI is InChI=1S/C18H27N3O4/c1-24-14-6-4-12(5-7-14)9-15-17(16(22)11-20-15)25-18(23)21-10-13-3-2-8-19-13/h4-7,13,15-17,19-20,22H,2-3,8-11H2,1H3,(H,21,23)/t13-,15+,16-,17-/m0/s1. The maximum absolute atomic E-state index is 12.1. The quantitative estimate of drug-likeness (QED) is 0.595. The molecule has 1 amide bonds. The summed E-state index contributed by atoms with van der Waals surface area (Å²) in [5.41, 5.74) is 1.09. The molecule has 0 aliphatic carbocycles. The average molecular weight is 349 g/mol. The zero-order valence-electron chi connectivity index (χ0n) is 14.5. The largest absolute Gasteiger partial charge is 0.497 e.